The lowest BCUT2D eigenvalue weighted by Crippen LogP contribution is -2.50. The maximum atomic E-state index is 12.9. The molecule has 5 nitrogen and oxygen atoms in total. The lowest BCUT2D eigenvalue weighted by molar-refractivity contribution is -0.671. The van der Waals surface area contributed by atoms with Crippen molar-refractivity contribution < 1.29 is 9.36 Å². The number of piperazine rings is 1. The van der Waals surface area contributed by atoms with E-state index in [1.165, 1.54) is 22.3 Å². The first-order valence-electron chi connectivity index (χ1n) is 11.7. The normalized spacial score (nSPS) is 18.4. The summed E-state index contributed by atoms with van der Waals surface area (Å²) < 4.78 is 1.98. The summed E-state index contributed by atoms with van der Waals surface area (Å²) in [5.41, 5.74) is 7.16. The van der Waals surface area contributed by atoms with Gasteiger partial charge >= 0.3 is 0 Å². The summed E-state index contributed by atoms with van der Waals surface area (Å²) in [6.07, 6.45) is 8.33. The molecule has 1 fully saturated rings. The monoisotopic (exact) mass is 461 g/mol. The van der Waals surface area contributed by atoms with Crippen molar-refractivity contribution >= 4 is 17.5 Å². The fraction of sp³-hybridized carbons (Fsp3) is 0.370. The second-order valence-electron chi connectivity index (χ2n) is 9.24. The van der Waals surface area contributed by atoms with Crippen LogP contribution in [0.5, 0.6) is 0 Å². The van der Waals surface area contributed by atoms with Crippen LogP contribution in [0.15, 0.2) is 55.0 Å². The fourth-order valence-electron chi connectivity index (χ4n) is 5.12. The number of carbonyl (C=O) groups is 1. The molecule has 5 rings (SSSR count). The number of amides is 1. The number of benzene rings is 1. The number of hydrogen-bond acceptors (Lipinski definition) is 3. The molecule has 0 N–H and O–H groups in total. The van der Waals surface area contributed by atoms with E-state index in [9.17, 15) is 4.79 Å². The van der Waals surface area contributed by atoms with Crippen LogP contribution in [0.2, 0.25) is 5.02 Å². The molecular formula is C27H30ClN4O+. The zero-order chi connectivity index (χ0) is 22.9. The Bertz CT molecular complexity index is 1170. The average molecular weight is 462 g/mol. The molecule has 2 aliphatic rings. The first-order chi connectivity index (χ1) is 16.0. The van der Waals surface area contributed by atoms with E-state index >= 15 is 0 Å². The number of halogens is 1. The first-order valence-corrected chi connectivity index (χ1v) is 12.1. The molecular weight excluding hydrogens is 432 g/mol. The van der Waals surface area contributed by atoms with Gasteiger partial charge in [0.15, 0.2) is 12.4 Å². The number of hydrogen-bond donors (Lipinski definition) is 0. The quantitative estimate of drug-likeness (QED) is 0.561. The SMILES string of the molecule is Cc1cnc2c(c1)CCc1cccc(Cl)c1C2N1CCN(C(=O)Cc2cc[n+](C)cc2)CC1. The Balaban J connectivity index is 1.38. The van der Waals surface area contributed by atoms with Crippen LogP contribution in [-0.4, -0.2) is 46.9 Å². The number of pyridine rings is 2. The molecule has 1 amide bonds. The summed E-state index contributed by atoms with van der Waals surface area (Å²) in [4.78, 5) is 22.3. The Morgan fingerprint density at radius 1 is 1.09 bits per heavy atom. The number of rotatable bonds is 3. The van der Waals surface area contributed by atoms with Crippen molar-refractivity contribution in [1.29, 1.82) is 0 Å². The van der Waals surface area contributed by atoms with Crippen molar-refractivity contribution in [2.24, 2.45) is 7.05 Å². The molecule has 0 radical (unpaired) electrons. The second-order valence-corrected chi connectivity index (χ2v) is 9.64. The first kappa shape index (κ1) is 22.1. The maximum absolute atomic E-state index is 12.9. The van der Waals surface area contributed by atoms with Crippen molar-refractivity contribution in [3.05, 3.63) is 93.5 Å². The third-order valence-corrected chi connectivity index (χ3v) is 7.24. The fourth-order valence-corrected chi connectivity index (χ4v) is 5.42. The zero-order valence-corrected chi connectivity index (χ0v) is 20.1. The number of aryl methyl sites for hydroxylation is 4. The highest BCUT2D eigenvalue weighted by atomic mass is 35.5. The molecule has 0 spiro atoms. The van der Waals surface area contributed by atoms with Crippen LogP contribution in [0.1, 0.15) is 39.6 Å². The van der Waals surface area contributed by atoms with Crippen LogP contribution in [0.4, 0.5) is 0 Å². The van der Waals surface area contributed by atoms with Crippen molar-refractivity contribution in [2.75, 3.05) is 26.2 Å². The van der Waals surface area contributed by atoms with Gasteiger partial charge in [-0.1, -0.05) is 29.8 Å². The summed E-state index contributed by atoms with van der Waals surface area (Å²) in [7, 11) is 1.98. The van der Waals surface area contributed by atoms with Gasteiger partial charge in [0, 0.05) is 49.5 Å². The van der Waals surface area contributed by atoms with Crippen LogP contribution in [0, 0.1) is 6.92 Å². The van der Waals surface area contributed by atoms with Gasteiger partial charge in [0.2, 0.25) is 5.91 Å². The highest BCUT2D eigenvalue weighted by Gasteiger charge is 2.34. The van der Waals surface area contributed by atoms with E-state index in [2.05, 4.69) is 24.0 Å². The highest BCUT2D eigenvalue weighted by molar-refractivity contribution is 6.31. The van der Waals surface area contributed by atoms with E-state index in [1.54, 1.807) is 0 Å². The third kappa shape index (κ3) is 4.53. The van der Waals surface area contributed by atoms with Gasteiger partial charge in [-0.15, -0.1) is 0 Å². The predicted molar refractivity (Wildman–Crippen MR) is 129 cm³/mol. The molecule has 170 valence electrons. The van der Waals surface area contributed by atoms with Crippen LogP contribution < -0.4 is 4.57 Å². The van der Waals surface area contributed by atoms with Gasteiger partial charge < -0.3 is 4.90 Å². The molecule has 6 heteroatoms. The van der Waals surface area contributed by atoms with Gasteiger partial charge in [-0.25, -0.2) is 4.57 Å². The Morgan fingerprint density at radius 2 is 1.82 bits per heavy atom. The summed E-state index contributed by atoms with van der Waals surface area (Å²) in [5, 5.41) is 0.809. The summed E-state index contributed by atoms with van der Waals surface area (Å²) in [6, 6.07) is 12.6. The minimum atomic E-state index is 0.0261. The molecule has 1 saturated heterocycles. The molecule has 1 aromatic carbocycles. The molecule has 33 heavy (non-hydrogen) atoms. The van der Waals surface area contributed by atoms with Gasteiger partial charge in [-0.2, -0.15) is 0 Å². The van der Waals surface area contributed by atoms with Crippen LogP contribution >= 0.6 is 11.6 Å². The Hall–Kier alpha value is -2.76. The van der Waals surface area contributed by atoms with Crippen LogP contribution in [-0.2, 0) is 31.1 Å². The van der Waals surface area contributed by atoms with Gasteiger partial charge in [0.05, 0.1) is 18.2 Å². The third-order valence-electron chi connectivity index (χ3n) is 6.91. The molecule has 1 aliphatic heterocycles. The van der Waals surface area contributed by atoms with Crippen LogP contribution in [0.3, 0.4) is 0 Å². The lowest BCUT2D eigenvalue weighted by atomic mass is 9.95. The van der Waals surface area contributed by atoms with Gasteiger partial charge in [-0.05, 0) is 53.6 Å². The topological polar surface area (TPSA) is 40.3 Å². The smallest absolute Gasteiger partial charge is 0.227 e. The van der Waals surface area contributed by atoms with Crippen molar-refractivity contribution in [3.63, 3.8) is 0 Å². The van der Waals surface area contributed by atoms with Gasteiger partial charge in [-0.3, -0.25) is 14.7 Å². The van der Waals surface area contributed by atoms with Gasteiger partial charge in [0.1, 0.15) is 7.05 Å². The number of fused-ring (bicyclic) bond motifs is 2. The lowest BCUT2D eigenvalue weighted by Gasteiger charge is -2.40. The molecule has 3 aromatic rings. The minimum Gasteiger partial charge on any atom is -0.340 e. The minimum absolute atomic E-state index is 0.0261. The Morgan fingerprint density at radius 3 is 2.58 bits per heavy atom. The molecule has 0 saturated carbocycles. The zero-order valence-electron chi connectivity index (χ0n) is 19.3. The molecule has 1 atom stereocenters. The number of aromatic nitrogens is 2. The van der Waals surface area contributed by atoms with E-state index < -0.39 is 0 Å². The largest absolute Gasteiger partial charge is 0.340 e. The predicted octanol–water partition coefficient (Wildman–Crippen LogP) is 3.44. The molecule has 2 aromatic heterocycles. The Labute approximate surface area is 200 Å². The van der Waals surface area contributed by atoms with Crippen LogP contribution in [0.25, 0.3) is 0 Å². The van der Waals surface area contributed by atoms with Crippen molar-refractivity contribution in [3.8, 4) is 0 Å². The van der Waals surface area contributed by atoms with E-state index in [-0.39, 0.29) is 11.9 Å². The Kier molecular flexibility index (Phi) is 6.17. The molecule has 1 unspecified atom stereocenters. The van der Waals surface area contributed by atoms with Crippen molar-refractivity contribution in [1.82, 2.24) is 14.8 Å². The highest BCUT2D eigenvalue weighted by Crippen LogP contribution is 2.40. The summed E-state index contributed by atoms with van der Waals surface area (Å²) >= 11 is 6.79. The van der Waals surface area contributed by atoms with E-state index in [0.717, 1.165) is 55.3 Å². The van der Waals surface area contributed by atoms with Gasteiger partial charge in [0.25, 0.3) is 0 Å². The second kappa shape index (κ2) is 9.24. The summed E-state index contributed by atoms with van der Waals surface area (Å²) in [5.74, 6) is 0.192. The molecule has 3 heterocycles. The standard InChI is InChI=1S/C27H30ClN4O/c1-19-16-22-7-6-21-4-3-5-23(28)25(21)27(26(22)29-18-19)32-14-12-31(13-15-32)24(33)17-20-8-10-30(2)11-9-20/h3-5,8-11,16,18,27H,6-7,12-15,17H2,1-2H3/q+1. The maximum Gasteiger partial charge on any atom is 0.227 e. The summed E-state index contributed by atoms with van der Waals surface area (Å²) in [6.45, 7) is 5.15. The van der Waals surface area contributed by atoms with E-state index in [1.807, 2.05) is 59.4 Å². The van der Waals surface area contributed by atoms with E-state index in [0.29, 0.717) is 6.42 Å². The van der Waals surface area contributed by atoms with E-state index in [4.69, 9.17) is 16.6 Å². The van der Waals surface area contributed by atoms with Crippen molar-refractivity contribution in [2.45, 2.75) is 32.2 Å². The molecule has 0 bridgehead atoms. The number of carbonyl (C=O) groups excluding carboxylic acids is 1. The average Bonchev–Trinajstić information content (AvgIpc) is 2.98. The molecule has 1 aliphatic carbocycles. The number of nitrogens with zero attached hydrogens (tertiary/aromatic N) is 4.